The molecule has 0 aliphatic heterocycles. The first-order valence-electron chi connectivity index (χ1n) is 3.90. The lowest BCUT2D eigenvalue weighted by atomic mass is 10.1. The zero-order chi connectivity index (χ0) is 8.91. The van der Waals surface area contributed by atoms with Crippen molar-refractivity contribution in [1.29, 1.82) is 5.26 Å². The van der Waals surface area contributed by atoms with E-state index in [1.54, 1.807) is 0 Å². The molecule has 3 heteroatoms. The summed E-state index contributed by atoms with van der Waals surface area (Å²) in [7, 11) is 3.94. The Morgan fingerprint density at radius 3 is 2.36 bits per heavy atom. The van der Waals surface area contributed by atoms with Crippen molar-refractivity contribution in [2.45, 2.75) is 32.4 Å². The van der Waals surface area contributed by atoms with Gasteiger partial charge in [0.05, 0.1) is 5.66 Å². The molecular formula is C8H17N3. The monoisotopic (exact) mass is 155 g/mol. The Bertz CT molecular complexity index is 148. The molecule has 11 heavy (non-hydrogen) atoms. The van der Waals surface area contributed by atoms with E-state index in [0.29, 0.717) is 0 Å². The second-order valence-electron chi connectivity index (χ2n) is 3.16. The SMILES string of the molecule is CCCC(C)(NC#N)N(C)C. The van der Waals surface area contributed by atoms with Gasteiger partial charge in [0.1, 0.15) is 0 Å². The van der Waals surface area contributed by atoms with Gasteiger partial charge in [-0.1, -0.05) is 13.3 Å². The summed E-state index contributed by atoms with van der Waals surface area (Å²) in [6.07, 6.45) is 4.04. The van der Waals surface area contributed by atoms with Gasteiger partial charge in [-0.2, -0.15) is 5.26 Å². The van der Waals surface area contributed by atoms with Gasteiger partial charge in [-0.25, -0.2) is 0 Å². The summed E-state index contributed by atoms with van der Waals surface area (Å²) in [4.78, 5) is 2.03. The summed E-state index contributed by atoms with van der Waals surface area (Å²) in [5, 5.41) is 11.3. The molecule has 0 radical (unpaired) electrons. The van der Waals surface area contributed by atoms with E-state index in [-0.39, 0.29) is 5.66 Å². The van der Waals surface area contributed by atoms with E-state index in [4.69, 9.17) is 5.26 Å². The molecule has 0 heterocycles. The van der Waals surface area contributed by atoms with Gasteiger partial charge in [-0.15, -0.1) is 0 Å². The molecule has 0 aromatic carbocycles. The average Bonchev–Trinajstić information content (AvgIpc) is 1.88. The lowest BCUT2D eigenvalue weighted by molar-refractivity contribution is 0.137. The van der Waals surface area contributed by atoms with Crippen molar-refractivity contribution >= 4 is 0 Å². The Morgan fingerprint density at radius 2 is 2.09 bits per heavy atom. The molecular weight excluding hydrogens is 138 g/mol. The van der Waals surface area contributed by atoms with Gasteiger partial charge in [0.15, 0.2) is 6.19 Å². The fraction of sp³-hybridized carbons (Fsp3) is 0.875. The molecule has 1 unspecified atom stereocenters. The van der Waals surface area contributed by atoms with Crippen molar-refractivity contribution in [2.75, 3.05) is 14.1 Å². The highest BCUT2D eigenvalue weighted by Crippen LogP contribution is 2.13. The second kappa shape index (κ2) is 4.20. The van der Waals surface area contributed by atoms with E-state index in [9.17, 15) is 0 Å². The van der Waals surface area contributed by atoms with Crippen molar-refractivity contribution in [3.8, 4) is 6.19 Å². The number of nitriles is 1. The summed E-state index contributed by atoms with van der Waals surface area (Å²) < 4.78 is 0. The maximum atomic E-state index is 8.49. The molecule has 0 saturated carbocycles. The van der Waals surface area contributed by atoms with Crippen LogP contribution in [0.1, 0.15) is 26.7 Å². The van der Waals surface area contributed by atoms with E-state index < -0.39 is 0 Å². The smallest absolute Gasteiger partial charge is 0.178 e. The van der Waals surface area contributed by atoms with Crippen LogP contribution in [0.5, 0.6) is 0 Å². The number of nitrogens with one attached hydrogen (secondary N) is 1. The number of hydrogen-bond donors (Lipinski definition) is 1. The molecule has 0 spiro atoms. The van der Waals surface area contributed by atoms with Crippen LogP contribution in [0.4, 0.5) is 0 Å². The lowest BCUT2D eigenvalue weighted by Gasteiger charge is -2.34. The summed E-state index contributed by atoms with van der Waals surface area (Å²) in [5.74, 6) is 0. The molecule has 0 aliphatic rings. The first-order valence-corrected chi connectivity index (χ1v) is 3.90. The predicted octanol–water partition coefficient (Wildman–Crippen LogP) is 1.13. The summed E-state index contributed by atoms with van der Waals surface area (Å²) in [6, 6.07) is 0. The predicted molar refractivity (Wildman–Crippen MR) is 45.7 cm³/mol. The van der Waals surface area contributed by atoms with Crippen LogP contribution in [-0.2, 0) is 0 Å². The average molecular weight is 155 g/mol. The van der Waals surface area contributed by atoms with Gasteiger partial charge in [0.2, 0.25) is 0 Å². The van der Waals surface area contributed by atoms with Gasteiger partial charge in [0.25, 0.3) is 0 Å². The maximum Gasteiger partial charge on any atom is 0.178 e. The Morgan fingerprint density at radius 1 is 1.55 bits per heavy atom. The molecule has 64 valence electrons. The molecule has 1 N–H and O–H groups in total. The van der Waals surface area contributed by atoms with Crippen LogP contribution in [-0.4, -0.2) is 24.7 Å². The van der Waals surface area contributed by atoms with Crippen LogP contribution in [0.15, 0.2) is 0 Å². The van der Waals surface area contributed by atoms with E-state index in [0.717, 1.165) is 12.8 Å². The van der Waals surface area contributed by atoms with Gasteiger partial charge in [-0.05, 0) is 27.4 Å². The minimum absolute atomic E-state index is 0.177. The topological polar surface area (TPSA) is 39.1 Å². The quantitative estimate of drug-likeness (QED) is 0.376. The Balaban J connectivity index is 4.15. The van der Waals surface area contributed by atoms with Crippen LogP contribution >= 0.6 is 0 Å². The molecule has 0 aromatic rings. The fourth-order valence-corrected chi connectivity index (χ4v) is 1.01. The third-order valence-electron chi connectivity index (χ3n) is 2.05. The molecule has 0 saturated heterocycles. The summed E-state index contributed by atoms with van der Waals surface area (Å²) >= 11 is 0. The number of nitrogens with zero attached hydrogens (tertiary/aromatic N) is 2. The normalized spacial score (nSPS) is 15.6. The summed E-state index contributed by atoms with van der Waals surface area (Å²) in [6.45, 7) is 4.14. The highest BCUT2D eigenvalue weighted by Gasteiger charge is 2.24. The van der Waals surface area contributed by atoms with Crippen LogP contribution in [0.2, 0.25) is 0 Å². The first-order chi connectivity index (χ1) is 5.06. The van der Waals surface area contributed by atoms with Crippen molar-refractivity contribution in [3.05, 3.63) is 0 Å². The van der Waals surface area contributed by atoms with Crippen molar-refractivity contribution < 1.29 is 0 Å². The van der Waals surface area contributed by atoms with Gasteiger partial charge < -0.3 is 5.32 Å². The highest BCUT2D eigenvalue weighted by atomic mass is 15.3. The summed E-state index contributed by atoms with van der Waals surface area (Å²) in [5.41, 5.74) is -0.177. The Labute approximate surface area is 69.0 Å². The van der Waals surface area contributed by atoms with Crippen molar-refractivity contribution in [3.63, 3.8) is 0 Å². The minimum Gasteiger partial charge on any atom is -0.305 e. The molecule has 0 fully saturated rings. The van der Waals surface area contributed by atoms with Crippen LogP contribution in [0.3, 0.4) is 0 Å². The third-order valence-corrected chi connectivity index (χ3v) is 2.05. The van der Waals surface area contributed by atoms with Gasteiger partial charge >= 0.3 is 0 Å². The maximum absolute atomic E-state index is 8.49. The van der Waals surface area contributed by atoms with Crippen LogP contribution < -0.4 is 5.32 Å². The molecule has 0 aromatic heterocycles. The molecule has 3 nitrogen and oxygen atoms in total. The molecule has 0 amide bonds. The minimum atomic E-state index is -0.177. The van der Waals surface area contributed by atoms with Crippen LogP contribution in [0.25, 0.3) is 0 Å². The zero-order valence-electron chi connectivity index (χ0n) is 7.81. The largest absolute Gasteiger partial charge is 0.305 e. The van der Waals surface area contributed by atoms with Crippen molar-refractivity contribution in [2.24, 2.45) is 0 Å². The third kappa shape index (κ3) is 2.77. The standard InChI is InChI=1S/C8H17N3/c1-5-6-8(2,10-7-9)11(3)4/h10H,5-6H2,1-4H3. The van der Waals surface area contributed by atoms with Crippen LogP contribution in [0, 0.1) is 11.5 Å². The molecule has 0 rings (SSSR count). The zero-order valence-corrected chi connectivity index (χ0v) is 7.81. The van der Waals surface area contributed by atoms with E-state index >= 15 is 0 Å². The first kappa shape index (κ1) is 10.2. The lowest BCUT2D eigenvalue weighted by Crippen LogP contribution is -2.51. The number of rotatable bonds is 4. The molecule has 1 atom stereocenters. The Kier molecular flexibility index (Phi) is 3.91. The highest BCUT2D eigenvalue weighted by molar-refractivity contribution is 4.86. The van der Waals surface area contributed by atoms with Gasteiger partial charge in [0, 0.05) is 0 Å². The van der Waals surface area contributed by atoms with Gasteiger partial charge in [-0.3, -0.25) is 4.90 Å². The molecule has 0 bridgehead atoms. The second-order valence-corrected chi connectivity index (χ2v) is 3.16. The van der Waals surface area contributed by atoms with E-state index in [2.05, 4.69) is 12.2 Å². The Hall–Kier alpha value is -0.750. The number of hydrogen-bond acceptors (Lipinski definition) is 3. The van der Waals surface area contributed by atoms with E-state index in [1.165, 1.54) is 0 Å². The van der Waals surface area contributed by atoms with Crippen molar-refractivity contribution in [1.82, 2.24) is 10.2 Å². The fourth-order valence-electron chi connectivity index (χ4n) is 1.01. The van der Waals surface area contributed by atoms with E-state index in [1.807, 2.05) is 32.1 Å². The molecule has 0 aliphatic carbocycles.